The second-order valence-electron chi connectivity index (χ2n) is 2.86. The van der Waals surface area contributed by atoms with Crippen molar-refractivity contribution in [3.63, 3.8) is 0 Å². The molecule has 0 saturated carbocycles. The van der Waals surface area contributed by atoms with Gasteiger partial charge < -0.3 is 0 Å². The molecule has 3 heteroatoms. The van der Waals surface area contributed by atoms with Crippen molar-refractivity contribution >= 4 is 21.7 Å². The Bertz CT molecular complexity index is 299. The van der Waals surface area contributed by atoms with Gasteiger partial charge in [0.1, 0.15) is 5.69 Å². The normalized spacial score (nSPS) is 10.0. The molecular weight excluding hydrogens is 230 g/mol. The van der Waals surface area contributed by atoms with Crippen LogP contribution in [-0.2, 0) is 6.42 Å². The molecule has 0 spiro atoms. The number of pyridine rings is 1. The molecule has 13 heavy (non-hydrogen) atoms. The molecule has 2 nitrogen and oxygen atoms in total. The number of ketones is 1. The highest BCUT2D eigenvalue weighted by Crippen LogP contribution is 2.06. The van der Waals surface area contributed by atoms with E-state index < -0.39 is 0 Å². The first-order valence-corrected chi connectivity index (χ1v) is 5.44. The van der Waals surface area contributed by atoms with E-state index in [0.717, 1.165) is 12.8 Å². The van der Waals surface area contributed by atoms with Crippen LogP contribution in [0.25, 0.3) is 0 Å². The van der Waals surface area contributed by atoms with Crippen molar-refractivity contribution in [2.75, 3.05) is 5.33 Å². The molecule has 0 radical (unpaired) electrons. The lowest BCUT2D eigenvalue weighted by molar-refractivity contribution is 0.101. The number of rotatable bonds is 4. The molecule has 0 aromatic carbocycles. The monoisotopic (exact) mass is 241 g/mol. The predicted octanol–water partition coefficient (Wildman–Crippen LogP) is 2.61. The summed E-state index contributed by atoms with van der Waals surface area (Å²) in [6.45, 7) is 2.12. The summed E-state index contributed by atoms with van der Waals surface area (Å²) in [5.74, 6) is 0.0398. The van der Waals surface area contributed by atoms with Crippen LogP contribution in [0.1, 0.15) is 29.4 Å². The van der Waals surface area contributed by atoms with Gasteiger partial charge in [-0.2, -0.15) is 0 Å². The summed E-state index contributed by atoms with van der Waals surface area (Å²) in [4.78, 5) is 15.3. The van der Waals surface area contributed by atoms with Crippen molar-refractivity contribution in [3.8, 4) is 0 Å². The molecule has 70 valence electrons. The van der Waals surface area contributed by atoms with Gasteiger partial charge in [-0.25, -0.2) is 0 Å². The van der Waals surface area contributed by atoms with Gasteiger partial charge in [-0.3, -0.25) is 9.78 Å². The van der Waals surface area contributed by atoms with Crippen molar-refractivity contribution in [2.45, 2.75) is 19.8 Å². The van der Waals surface area contributed by atoms with E-state index in [1.54, 1.807) is 6.20 Å². The molecule has 1 aromatic heterocycles. The Kier molecular flexibility index (Phi) is 4.09. The third-order valence-electron chi connectivity index (χ3n) is 1.77. The van der Waals surface area contributed by atoms with E-state index in [2.05, 4.69) is 27.8 Å². The zero-order chi connectivity index (χ0) is 9.68. The molecule has 0 aliphatic rings. The van der Waals surface area contributed by atoms with Crippen molar-refractivity contribution in [3.05, 3.63) is 29.6 Å². The van der Waals surface area contributed by atoms with E-state index in [1.807, 2.05) is 12.1 Å². The Morgan fingerprint density at radius 1 is 1.62 bits per heavy atom. The number of hydrogen-bond acceptors (Lipinski definition) is 2. The second-order valence-corrected chi connectivity index (χ2v) is 3.42. The molecule has 1 heterocycles. The third kappa shape index (κ3) is 2.92. The summed E-state index contributed by atoms with van der Waals surface area (Å²) >= 11 is 3.13. The summed E-state index contributed by atoms with van der Waals surface area (Å²) in [5.41, 5.74) is 1.74. The van der Waals surface area contributed by atoms with Crippen molar-refractivity contribution < 1.29 is 4.79 Å². The standard InChI is InChI=1S/C10H12BrNO/c1-2-3-8-4-5-12-9(6-8)10(13)7-11/h4-6H,2-3,7H2,1H3. The number of hydrogen-bond donors (Lipinski definition) is 0. The minimum atomic E-state index is 0.0398. The molecule has 0 aliphatic heterocycles. The van der Waals surface area contributed by atoms with Crippen molar-refractivity contribution in [1.29, 1.82) is 0 Å². The number of alkyl halides is 1. The topological polar surface area (TPSA) is 30.0 Å². The third-order valence-corrected chi connectivity index (χ3v) is 2.28. The lowest BCUT2D eigenvalue weighted by Crippen LogP contribution is -2.03. The van der Waals surface area contributed by atoms with E-state index >= 15 is 0 Å². The van der Waals surface area contributed by atoms with Crippen LogP contribution in [0.2, 0.25) is 0 Å². The van der Waals surface area contributed by atoms with Crippen LogP contribution < -0.4 is 0 Å². The molecule has 0 fully saturated rings. The molecule has 0 bridgehead atoms. The van der Waals surface area contributed by atoms with Crippen LogP contribution in [-0.4, -0.2) is 16.1 Å². The molecule has 0 saturated heterocycles. The Morgan fingerprint density at radius 2 is 2.38 bits per heavy atom. The molecule has 0 amide bonds. The Morgan fingerprint density at radius 3 is 3.00 bits per heavy atom. The van der Waals surface area contributed by atoms with Gasteiger partial charge in [0.15, 0.2) is 5.78 Å². The number of nitrogens with zero attached hydrogens (tertiary/aromatic N) is 1. The highest BCUT2D eigenvalue weighted by molar-refractivity contribution is 9.09. The fourth-order valence-corrected chi connectivity index (χ4v) is 1.43. The van der Waals surface area contributed by atoms with Gasteiger partial charge in [0.2, 0.25) is 0 Å². The Hall–Kier alpha value is -0.700. The maximum Gasteiger partial charge on any atom is 0.191 e. The molecule has 0 atom stereocenters. The van der Waals surface area contributed by atoms with Crippen LogP contribution in [0.4, 0.5) is 0 Å². The summed E-state index contributed by atoms with van der Waals surface area (Å²) in [6.07, 6.45) is 3.79. The fourth-order valence-electron chi connectivity index (χ4n) is 1.14. The zero-order valence-corrected chi connectivity index (χ0v) is 9.17. The van der Waals surface area contributed by atoms with Gasteiger partial charge >= 0.3 is 0 Å². The van der Waals surface area contributed by atoms with Crippen LogP contribution in [0, 0.1) is 0 Å². The second kappa shape index (κ2) is 5.12. The van der Waals surface area contributed by atoms with Crippen LogP contribution in [0.3, 0.4) is 0 Å². The van der Waals surface area contributed by atoms with Crippen LogP contribution >= 0.6 is 15.9 Å². The van der Waals surface area contributed by atoms with E-state index in [-0.39, 0.29) is 5.78 Å². The first kappa shape index (κ1) is 10.4. The quantitative estimate of drug-likeness (QED) is 0.600. The van der Waals surface area contributed by atoms with Gasteiger partial charge in [0.05, 0.1) is 5.33 Å². The summed E-state index contributed by atoms with van der Waals surface area (Å²) in [5, 5.41) is 0.343. The molecular formula is C10H12BrNO. The molecule has 1 rings (SSSR count). The summed E-state index contributed by atoms with van der Waals surface area (Å²) in [6, 6.07) is 3.82. The first-order valence-electron chi connectivity index (χ1n) is 4.32. The molecule has 0 N–H and O–H groups in total. The molecule has 0 aliphatic carbocycles. The lowest BCUT2D eigenvalue weighted by Gasteiger charge is -2.00. The first-order chi connectivity index (χ1) is 6.27. The predicted molar refractivity (Wildman–Crippen MR) is 56.4 cm³/mol. The van der Waals surface area contributed by atoms with E-state index in [4.69, 9.17) is 0 Å². The smallest absolute Gasteiger partial charge is 0.191 e. The van der Waals surface area contributed by atoms with Crippen LogP contribution in [0.15, 0.2) is 18.3 Å². The number of halogens is 1. The molecule has 0 unspecified atom stereocenters. The highest BCUT2D eigenvalue weighted by atomic mass is 79.9. The molecule has 1 aromatic rings. The fraction of sp³-hybridized carbons (Fsp3) is 0.400. The largest absolute Gasteiger partial charge is 0.291 e. The van der Waals surface area contributed by atoms with Gasteiger partial charge in [-0.1, -0.05) is 29.3 Å². The number of Topliss-reactive ketones (excluding diaryl/α,β-unsaturated/α-hetero) is 1. The van der Waals surface area contributed by atoms with Gasteiger partial charge in [0, 0.05) is 6.20 Å². The number of aromatic nitrogens is 1. The van der Waals surface area contributed by atoms with E-state index in [9.17, 15) is 4.79 Å². The zero-order valence-electron chi connectivity index (χ0n) is 7.59. The summed E-state index contributed by atoms with van der Waals surface area (Å²) < 4.78 is 0. The lowest BCUT2D eigenvalue weighted by atomic mass is 10.1. The van der Waals surface area contributed by atoms with Gasteiger partial charge in [-0.15, -0.1) is 0 Å². The maximum absolute atomic E-state index is 11.3. The van der Waals surface area contributed by atoms with Crippen molar-refractivity contribution in [1.82, 2.24) is 4.98 Å². The minimum absolute atomic E-state index is 0.0398. The average Bonchev–Trinajstić information content (AvgIpc) is 2.18. The van der Waals surface area contributed by atoms with Gasteiger partial charge in [0.25, 0.3) is 0 Å². The number of carbonyl (C=O) groups excluding carboxylic acids is 1. The minimum Gasteiger partial charge on any atom is -0.291 e. The Balaban J connectivity index is 2.85. The van der Waals surface area contributed by atoms with E-state index in [0.29, 0.717) is 11.0 Å². The number of carbonyl (C=O) groups is 1. The number of aryl methyl sites for hydroxylation is 1. The average molecular weight is 242 g/mol. The maximum atomic E-state index is 11.3. The highest BCUT2D eigenvalue weighted by Gasteiger charge is 2.05. The van der Waals surface area contributed by atoms with E-state index in [1.165, 1.54) is 5.56 Å². The SMILES string of the molecule is CCCc1ccnc(C(=O)CBr)c1. The Labute approximate surface area is 86.5 Å². The van der Waals surface area contributed by atoms with Crippen LogP contribution in [0.5, 0.6) is 0 Å². The van der Waals surface area contributed by atoms with Gasteiger partial charge in [-0.05, 0) is 24.1 Å². The van der Waals surface area contributed by atoms with Crippen molar-refractivity contribution in [2.24, 2.45) is 0 Å². The summed E-state index contributed by atoms with van der Waals surface area (Å²) in [7, 11) is 0.